The van der Waals surface area contributed by atoms with E-state index in [1.807, 2.05) is 22.6 Å². The first-order valence-corrected chi connectivity index (χ1v) is 14.4. The lowest BCUT2D eigenvalue weighted by Gasteiger charge is -2.40. The van der Waals surface area contributed by atoms with Crippen LogP contribution in [0.4, 0.5) is 0 Å². The van der Waals surface area contributed by atoms with E-state index in [0.29, 0.717) is 38.9 Å². The number of unbranched alkanes of at least 4 members (excludes halogenated alkanes) is 4. The zero-order valence-corrected chi connectivity index (χ0v) is 25.1. The SMILES string of the molecule is CCCCCCCC(=O)N(CCOC)[C@@H]1CC(C(=O)NCCO)=C[C@H](Oc2c(I)cc(C=O)cc2OC)[C@H]1O. The Labute approximate surface area is 244 Å². The van der Waals surface area contributed by atoms with Crippen molar-refractivity contribution in [2.75, 3.05) is 40.5 Å². The Morgan fingerprint density at radius 1 is 1.21 bits per heavy atom. The standard InChI is InChI=1S/C28H41IN2O8/c1-4-5-6-7-8-9-25(34)31(11-13-37-2)22-16-20(28(36)30-10-12-32)17-23(26(22)35)39-27-21(29)14-19(18-33)15-24(27)38-3/h14-15,17-18,22-23,26,32,35H,4-13,16H2,1-3H3,(H,30,36)/t22-,23+,26+/m1/s1. The number of benzene rings is 1. The number of ether oxygens (including phenoxy) is 3. The molecule has 0 radical (unpaired) electrons. The average Bonchev–Trinajstić information content (AvgIpc) is 2.93. The normalized spacial score (nSPS) is 18.7. The number of hydrogen-bond acceptors (Lipinski definition) is 8. The number of aldehydes is 1. The Morgan fingerprint density at radius 3 is 2.59 bits per heavy atom. The molecule has 0 heterocycles. The van der Waals surface area contributed by atoms with Crippen LogP contribution < -0.4 is 14.8 Å². The minimum Gasteiger partial charge on any atom is -0.493 e. The molecule has 11 heteroatoms. The van der Waals surface area contributed by atoms with Crippen molar-refractivity contribution in [3.63, 3.8) is 0 Å². The first-order chi connectivity index (χ1) is 18.8. The number of halogens is 1. The molecule has 218 valence electrons. The number of nitrogens with one attached hydrogen (secondary N) is 1. The van der Waals surface area contributed by atoms with Crippen LogP contribution in [0.1, 0.15) is 62.2 Å². The minimum absolute atomic E-state index is 0.0673. The molecule has 0 fully saturated rings. The third-order valence-electron chi connectivity index (χ3n) is 6.61. The second-order valence-electron chi connectivity index (χ2n) is 9.41. The Hall–Kier alpha value is -2.22. The van der Waals surface area contributed by atoms with Crippen molar-refractivity contribution in [3.05, 3.63) is 32.9 Å². The van der Waals surface area contributed by atoms with E-state index in [1.165, 1.54) is 13.2 Å². The molecule has 0 spiro atoms. The quantitative estimate of drug-likeness (QED) is 0.132. The smallest absolute Gasteiger partial charge is 0.247 e. The molecule has 2 rings (SSSR count). The number of methoxy groups -OCH3 is 2. The van der Waals surface area contributed by atoms with Crippen LogP contribution in [0.2, 0.25) is 0 Å². The topological polar surface area (TPSA) is 135 Å². The molecular formula is C28H41IN2O8. The molecule has 0 aromatic heterocycles. The van der Waals surface area contributed by atoms with E-state index >= 15 is 0 Å². The second kappa shape index (κ2) is 17.5. The molecule has 1 aliphatic carbocycles. The van der Waals surface area contributed by atoms with Gasteiger partial charge in [-0.3, -0.25) is 14.4 Å². The number of rotatable bonds is 17. The summed E-state index contributed by atoms with van der Waals surface area (Å²) in [4.78, 5) is 39.2. The molecule has 3 N–H and O–H groups in total. The largest absolute Gasteiger partial charge is 0.493 e. The Bertz CT molecular complexity index is 987. The highest BCUT2D eigenvalue weighted by Crippen LogP contribution is 2.37. The number of hydrogen-bond donors (Lipinski definition) is 3. The molecule has 0 bridgehead atoms. The zero-order chi connectivity index (χ0) is 28.8. The monoisotopic (exact) mass is 660 g/mol. The van der Waals surface area contributed by atoms with E-state index < -0.39 is 24.2 Å². The van der Waals surface area contributed by atoms with Crippen LogP contribution in [0.25, 0.3) is 0 Å². The summed E-state index contributed by atoms with van der Waals surface area (Å²) in [6.45, 7) is 2.50. The van der Waals surface area contributed by atoms with Gasteiger partial charge in [0.1, 0.15) is 18.5 Å². The van der Waals surface area contributed by atoms with Gasteiger partial charge in [0.15, 0.2) is 11.5 Å². The van der Waals surface area contributed by atoms with Gasteiger partial charge >= 0.3 is 0 Å². The van der Waals surface area contributed by atoms with Crippen LogP contribution in [-0.4, -0.2) is 92.0 Å². The number of nitrogens with zero attached hydrogens (tertiary/aromatic N) is 1. The molecule has 3 atom stereocenters. The summed E-state index contributed by atoms with van der Waals surface area (Å²) in [6, 6.07) is 2.41. The predicted molar refractivity (Wildman–Crippen MR) is 155 cm³/mol. The molecule has 0 aliphatic heterocycles. The number of carbonyl (C=O) groups is 3. The number of amides is 2. The molecule has 10 nitrogen and oxygen atoms in total. The summed E-state index contributed by atoms with van der Waals surface area (Å²) in [7, 11) is 2.99. The summed E-state index contributed by atoms with van der Waals surface area (Å²) < 4.78 is 17.5. The molecule has 1 aliphatic rings. The third-order valence-corrected chi connectivity index (χ3v) is 7.41. The van der Waals surface area contributed by atoms with E-state index in [2.05, 4.69) is 12.2 Å². The van der Waals surface area contributed by atoms with Gasteiger partial charge in [0.2, 0.25) is 11.8 Å². The molecule has 2 amide bonds. The summed E-state index contributed by atoms with van der Waals surface area (Å²) in [6.07, 6.45) is 5.50. The lowest BCUT2D eigenvalue weighted by Crippen LogP contribution is -2.55. The van der Waals surface area contributed by atoms with Gasteiger partial charge in [-0.15, -0.1) is 0 Å². The molecular weight excluding hydrogens is 619 g/mol. The van der Waals surface area contributed by atoms with Crippen LogP contribution in [0.15, 0.2) is 23.8 Å². The van der Waals surface area contributed by atoms with Crippen LogP contribution >= 0.6 is 22.6 Å². The fraction of sp³-hybridized carbons (Fsp3) is 0.607. The molecule has 1 aromatic carbocycles. The summed E-state index contributed by atoms with van der Waals surface area (Å²) in [5.74, 6) is 0.0833. The van der Waals surface area contributed by atoms with Gasteiger partial charge < -0.3 is 34.6 Å². The van der Waals surface area contributed by atoms with Crippen molar-refractivity contribution in [2.24, 2.45) is 0 Å². The first-order valence-electron chi connectivity index (χ1n) is 13.4. The van der Waals surface area contributed by atoms with Crippen LogP contribution in [-0.2, 0) is 14.3 Å². The Balaban J connectivity index is 2.40. The maximum atomic E-state index is 13.4. The summed E-state index contributed by atoms with van der Waals surface area (Å²) in [5.41, 5.74) is 0.737. The van der Waals surface area contributed by atoms with E-state index in [0.717, 1.165) is 32.1 Å². The van der Waals surface area contributed by atoms with Gasteiger partial charge in [0.05, 0.1) is 29.9 Å². The molecule has 0 saturated heterocycles. The van der Waals surface area contributed by atoms with E-state index in [4.69, 9.17) is 14.2 Å². The van der Waals surface area contributed by atoms with Crippen LogP contribution in [0.5, 0.6) is 11.5 Å². The highest BCUT2D eigenvalue weighted by atomic mass is 127. The van der Waals surface area contributed by atoms with Gasteiger partial charge in [-0.2, -0.15) is 0 Å². The van der Waals surface area contributed by atoms with Crippen molar-refractivity contribution >= 4 is 40.7 Å². The highest BCUT2D eigenvalue weighted by molar-refractivity contribution is 14.1. The fourth-order valence-corrected chi connectivity index (χ4v) is 5.28. The van der Waals surface area contributed by atoms with Crippen molar-refractivity contribution in [2.45, 2.75) is 70.1 Å². The van der Waals surface area contributed by atoms with Gasteiger partial charge in [-0.25, -0.2) is 0 Å². The van der Waals surface area contributed by atoms with Crippen LogP contribution in [0.3, 0.4) is 0 Å². The maximum absolute atomic E-state index is 13.4. The number of carbonyl (C=O) groups excluding carboxylic acids is 3. The number of aliphatic hydroxyl groups excluding tert-OH is 2. The lowest BCUT2D eigenvalue weighted by molar-refractivity contribution is -0.139. The highest BCUT2D eigenvalue weighted by Gasteiger charge is 2.40. The fourth-order valence-electron chi connectivity index (χ4n) is 4.53. The molecule has 1 aromatic rings. The molecule has 0 unspecified atom stereocenters. The van der Waals surface area contributed by atoms with Crippen molar-refractivity contribution in [1.82, 2.24) is 10.2 Å². The van der Waals surface area contributed by atoms with E-state index in [1.54, 1.807) is 24.2 Å². The maximum Gasteiger partial charge on any atom is 0.247 e. The lowest BCUT2D eigenvalue weighted by atomic mass is 9.88. The van der Waals surface area contributed by atoms with Gasteiger partial charge in [0, 0.05) is 44.2 Å². The Morgan fingerprint density at radius 2 is 1.95 bits per heavy atom. The molecule has 0 saturated carbocycles. The van der Waals surface area contributed by atoms with E-state index in [-0.39, 0.29) is 38.6 Å². The van der Waals surface area contributed by atoms with E-state index in [9.17, 15) is 24.6 Å². The van der Waals surface area contributed by atoms with Crippen LogP contribution in [0, 0.1) is 3.57 Å². The summed E-state index contributed by atoms with van der Waals surface area (Å²) in [5, 5.41) is 23.3. The summed E-state index contributed by atoms with van der Waals surface area (Å²) >= 11 is 2.02. The number of aliphatic hydroxyl groups is 2. The van der Waals surface area contributed by atoms with Gasteiger partial charge in [-0.05, 0) is 47.2 Å². The average molecular weight is 661 g/mol. The van der Waals surface area contributed by atoms with Gasteiger partial charge in [0.25, 0.3) is 0 Å². The van der Waals surface area contributed by atoms with Crippen molar-refractivity contribution in [1.29, 1.82) is 0 Å². The Kier molecular flexibility index (Phi) is 14.8. The van der Waals surface area contributed by atoms with Gasteiger partial charge in [-0.1, -0.05) is 32.6 Å². The molecule has 39 heavy (non-hydrogen) atoms. The van der Waals surface area contributed by atoms with Crippen molar-refractivity contribution < 1.29 is 38.8 Å². The predicted octanol–water partition coefficient (Wildman–Crippen LogP) is 2.86. The second-order valence-corrected chi connectivity index (χ2v) is 10.6. The minimum atomic E-state index is -1.16. The zero-order valence-electron chi connectivity index (χ0n) is 23.0. The van der Waals surface area contributed by atoms with Crippen molar-refractivity contribution in [3.8, 4) is 11.5 Å². The first kappa shape index (κ1) is 33.0. The third kappa shape index (κ3) is 9.73.